The van der Waals surface area contributed by atoms with Crippen molar-refractivity contribution in [2.75, 3.05) is 0 Å². The number of aliphatic hydroxyl groups is 1. The summed E-state index contributed by atoms with van der Waals surface area (Å²) in [6, 6.07) is 3.12. The molecular formula is C17H24O4. The molecular weight excluding hydrogens is 268 g/mol. The maximum Gasteiger partial charge on any atom is 0.371 e. The number of aromatic carboxylic acids is 1. The predicted molar refractivity (Wildman–Crippen MR) is 78.1 cm³/mol. The molecule has 0 amide bonds. The maximum atomic E-state index is 11.3. The molecule has 4 nitrogen and oxygen atoms in total. The highest BCUT2D eigenvalue weighted by Gasteiger charge is 2.46. The Hall–Kier alpha value is -1.29. The van der Waals surface area contributed by atoms with Crippen LogP contribution in [0, 0.1) is 11.8 Å². The Morgan fingerprint density at radius 2 is 1.81 bits per heavy atom. The summed E-state index contributed by atoms with van der Waals surface area (Å²) in [5.41, 5.74) is -0.978. The molecule has 2 fully saturated rings. The molecule has 0 bridgehead atoms. The lowest BCUT2D eigenvalue weighted by molar-refractivity contribution is -0.0977. The zero-order chi connectivity index (χ0) is 14.9. The SMILES string of the molecule is O=C(O)c1ccc(C2(O)CCCCC2C2CCCCC2)o1. The lowest BCUT2D eigenvalue weighted by Crippen LogP contribution is -2.42. The van der Waals surface area contributed by atoms with E-state index in [4.69, 9.17) is 9.52 Å². The van der Waals surface area contributed by atoms with Crippen LogP contribution < -0.4 is 0 Å². The molecule has 0 spiro atoms. The first kappa shape index (κ1) is 14.6. The van der Waals surface area contributed by atoms with Crippen molar-refractivity contribution in [1.82, 2.24) is 0 Å². The molecule has 21 heavy (non-hydrogen) atoms. The third-order valence-corrected chi connectivity index (χ3v) is 5.40. The Bertz CT molecular complexity index is 501. The van der Waals surface area contributed by atoms with E-state index in [2.05, 4.69) is 0 Å². The fourth-order valence-corrected chi connectivity index (χ4v) is 4.34. The summed E-state index contributed by atoms with van der Waals surface area (Å²) in [5, 5.41) is 20.3. The first-order valence-electron chi connectivity index (χ1n) is 8.17. The van der Waals surface area contributed by atoms with Crippen molar-refractivity contribution in [3.05, 3.63) is 23.7 Å². The van der Waals surface area contributed by atoms with Crippen molar-refractivity contribution in [3.8, 4) is 0 Å². The molecule has 1 aromatic rings. The van der Waals surface area contributed by atoms with Crippen molar-refractivity contribution >= 4 is 5.97 Å². The van der Waals surface area contributed by atoms with Gasteiger partial charge in [0.2, 0.25) is 5.76 Å². The van der Waals surface area contributed by atoms with Crippen LogP contribution in [0.4, 0.5) is 0 Å². The summed E-state index contributed by atoms with van der Waals surface area (Å²) in [4.78, 5) is 11.0. The minimum absolute atomic E-state index is 0.0774. The predicted octanol–water partition coefficient (Wildman–Crippen LogP) is 3.94. The van der Waals surface area contributed by atoms with Crippen molar-refractivity contribution < 1.29 is 19.4 Å². The van der Waals surface area contributed by atoms with E-state index in [1.165, 1.54) is 38.2 Å². The van der Waals surface area contributed by atoms with Crippen LogP contribution in [0.2, 0.25) is 0 Å². The third-order valence-electron chi connectivity index (χ3n) is 5.40. The van der Waals surface area contributed by atoms with Crippen LogP contribution in [0.5, 0.6) is 0 Å². The second-order valence-electron chi connectivity index (χ2n) is 6.64. The van der Waals surface area contributed by atoms with Crippen molar-refractivity contribution in [1.29, 1.82) is 0 Å². The zero-order valence-electron chi connectivity index (χ0n) is 12.4. The molecule has 2 aliphatic rings. The number of carboxylic acid groups (broad SMARTS) is 1. The molecule has 2 aliphatic carbocycles. The van der Waals surface area contributed by atoms with Gasteiger partial charge in [-0.1, -0.05) is 44.9 Å². The largest absolute Gasteiger partial charge is 0.475 e. The van der Waals surface area contributed by atoms with Crippen LogP contribution in [0.25, 0.3) is 0 Å². The number of carbonyl (C=O) groups is 1. The molecule has 2 N–H and O–H groups in total. The fourth-order valence-electron chi connectivity index (χ4n) is 4.34. The van der Waals surface area contributed by atoms with Gasteiger partial charge in [0.1, 0.15) is 11.4 Å². The van der Waals surface area contributed by atoms with E-state index in [1.54, 1.807) is 6.07 Å². The first-order valence-corrected chi connectivity index (χ1v) is 8.17. The average Bonchev–Trinajstić information content (AvgIpc) is 2.99. The summed E-state index contributed by atoms with van der Waals surface area (Å²) >= 11 is 0. The molecule has 2 atom stereocenters. The van der Waals surface area contributed by atoms with E-state index in [0.29, 0.717) is 18.1 Å². The van der Waals surface area contributed by atoms with Gasteiger partial charge in [-0.05, 0) is 36.8 Å². The maximum absolute atomic E-state index is 11.3. The Morgan fingerprint density at radius 3 is 2.48 bits per heavy atom. The molecule has 3 rings (SSSR count). The van der Waals surface area contributed by atoms with Gasteiger partial charge in [-0.15, -0.1) is 0 Å². The van der Waals surface area contributed by atoms with Crippen LogP contribution in [-0.2, 0) is 5.60 Å². The quantitative estimate of drug-likeness (QED) is 0.885. The van der Waals surface area contributed by atoms with Crippen LogP contribution in [0.3, 0.4) is 0 Å². The normalized spacial score (nSPS) is 31.2. The Morgan fingerprint density at radius 1 is 1.10 bits per heavy atom. The fraction of sp³-hybridized carbons (Fsp3) is 0.706. The highest BCUT2D eigenvalue weighted by atomic mass is 16.4. The summed E-state index contributed by atoms with van der Waals surface area (Å²) in [7, 11) is 0. The van der Waals surface area contributed by atoms with E-state index in [9.17, 15) is 9.90 Å². The van der Waals surface area contributed by atoms with E-state index in [1.807, 2.05) is 0 Å². The number of hydrogen-bond donors (Lipinski definition) is 2. The summed E-state index contributed by atoms with van der Waals surface area (Å²) < 4.78 is 5.46. The second kappa shape index (κ2) is 5.84. The second-order valence-corrected chi connectivity index (χ2v) is 6.64. The van der Waals surface area contributed by atoms with Gasteiger partial charge in [0.05, 0.1) is 0 Å². The van der Waals surface area contributed by atoms with Gasteiger partial charge in [-0.25, -0.2) is 4.79 Å². The van der Waals surface area contributed by atoms with Gasteiger partial charge in [0.15, 0.2) is 0 Å². The molecule has 0 radical (unpaired) electrons. The van der Waals surface area contributed by atoms with Crippen LogP contribution in [-0.4, -0.2) is 16.2 Å². The third kappa shape index (κ3) is 2.73. The highest BCUT2D eigenvalue weighted by molar-refractivity contribution is 5.84. The Balaban J connectivity index is 1.88. The van der Waals surface area contributed by atoms with Gasteiger partial charge in [0, 0.05) is 0 Å². The number of furan rings is 1. The lowest BCUT2D eigenvalue weighted by atomic mass is 9.64. The standard InChI is InChI=1S/C17H24O4/c18-16(19)14-9-10-15(21-14)17(20)11-5-4-8-13(17)12-6-2-1-3-7-12/h9-10,12-13,20H,1-8,11H2,(H,18,19). The first-order chi connectivity index (χ1) is 10.1. The minimum Gasteiger partial charge on any atom is -0.475 e. The Labute approximate surface area is 125 Å². The molecule has 0 aliphatic heterocycles. The van der Waals surface area contributed by atoms with Gasteiger partial charge in [-0.3, -0.25) is 0 Å². The van der Waals surface area contributed by atoms with Crippen LogP contribution in [0.15, 0.2) is 16.5 Å². The molecule has 116 valence electrons. The molecule has 1 aromatic heterocycles. The molecule has 0 saturated heterocycles. The molecule has 0 aromatic carbocycles. The van der Waals surface area contributed by atoms with Gasteiger partial charge < -0.3 is 14.6 Å². The van der Waals surface area contributed by atoms with Gasteiger partial charge in [-0.2, -0.15) is 0 Å². The van der Waals surface area contributed by atoms with E-state index in [0.717, 1.165) is 19.3 Å². The highest BCUT2D eigenvalue weighted by Crippen LogP contribution is 2.49. The monoisotopic (exact) mass is 292 g/mol. The molecule has 4 heteroatoms. The summed E-state index contributed by atoms with van der Waals surface area (Å²) in [6.45, 7) is 0. The number of carboxylic acids is 1. The van der Waals surface area contributed by atoms with Crippen molar-refractivity contribution in [3.63, 3.8) is 0 Å². The topological polar surface area (TPSA) is 70.7 Å². The van der Waals surface area contributed by atoms with Crippen LogP contribution in [0.1, 0.15) is 74.1 Å². The average molecular weight is 292 g/mol. The summed E-state index contributed by atoms with van der Waals surface area (Å²) in [6.07, 6.45) is 9.97. The molecule has 2 saturated carbocycles. The van der Waals surface area contributed by atoms with Gasteiger partial charge in [0.25, 0.3) is 0 Å². The van der Waals surface area contributed by atoms with E-state index < -0.39 is 11.6 Å². The number of hydrogen-bond acceptors (Lipinski definition) is 3. The minimum atomic E-state index is -1.07. The van der Waals surface area contributed by atoms with E-state index >= 15 is 0 Å². The zero-order valence-corrected chi connectivity index (χ0v) is 12.4. The molecule has 2 unspecified atom stereocenters. The molecule has 1 heterocycles. The van der Waals surface area contributed by atoms with Crippen molar-refractivity contribution in [2.24, 2.45) is 11.8 Å². The Kier molecular flexibility index (Phi) is 4.07. The summed E-state index contributed by atoms with van der Waals surface area (Å²) in [5.74, 6) is 0.0539. The lowest BCUT2D eigenvalue weighted by Gasteiger charge is -2.44. The van der Waals surface area contributed by atoms with Crippen molar-refractivity contribution in [2.45, 2.75) is 63.4 Å². The smallest absolute Gasteiger partial charge is 0.371 e. The van der Waals surface area contributed by atoms with E-state index in [-0.39, 0.29) is 11.7 Å². The van der Waals surface area contributed by atoms with Crippen LogP contribution >= 0.6 is 0 Å². The van der Waals surface area contributed by atoms with Gasteiger partial charge >= 0.3 is 5.97 Å². The number of rotatable bonds is 3.